The van der Waals surface area contributed by atoms with Gasteiger partial charge in [-0.15, -0.1) is 0 Å². The van der Waals surface area contributed by atoms with Gasteiger partial charge in [0.2, 0.25) is 5.91 Å². The number of guanidine groups is 1. The third-order valence-corrected chi connectivity index (χ3v) is 3.11. The van der Waals surface area contributed by atoms with Crippen LogP contribution in [0.5, 0.6) is 0 Å². The van der Waals surface area contributed by atoms with Crippen molar-refractivity contribution in [1.29, 1.82) is 0 Å². The van der Waals surface area contributed by atoms with Gasteiger partial charge in [0.1, 0.15) is 0 Å². The smallest absolute Gasteiger partial charge is 0.243 e. The summed E-state index contributed by atoms with van der Waals surface area (Å²) >= 11 is 0. The first-order valence-corrected chi connectivity index (χ1v) is 7.29. The van der Waals surface area contributed by atoms with Crippen LogP contribution >= 0.6 is 0 Å². The molecule has 25 heavy (non-hydrogen) atoms. The predicted octanol–water partition coefficient (Wildman–Crippen LogP) is 1.80. The van der Waals surface area contributed by atoms with E-state index in [2.05, 4.69) is 25.9 Å². The molecule has 2 aromatic rings. The van der Waals surface area contributed by atoms with E-state index < -0.39 is 29.0 Å². The van der Waals surface area contributed by atoms with Crippen molar-refractivity contribution in [1.82, 2.24) is 15.6 Å². The van der Waals surface area contributed by atoms with Crippen molar-refractivity contribution in [3.05, 3.63) is 59.7 Å². The molecule has 9 heteroatoms. The Morgan fingerprint density at radius 1 is 1.12 bits per heavy atom. The van der Waals surface area contributed by atoms with Gasteiger partial charge in [0.15, 0.2) is 23.4 Å². The summed E-state index contributed by atoms with van der Waals surface area (Å²) in [7, 11) is 1.51. The lowest BCUT2D eigenvalue weighted by atomic mass is 10.2. The number of amides is 1. The SMILES string of the molecule is CN=C(NCC(=O)Nc1ccc(F)c(F)c1F)NCc1ccccn1. The van der Waals surface area contributed by atoms with Gasteiger partial charge in [-0.25, -0.2) is 13.2 Å². The molecule has 3 N–H and O–H groups in total. The molecule has 0 saturated heterocycles. The molecule has 6 nitrogen and oxygen atoms in total. The first-order chi connectivity index (χ1) is 12.0. The van der Waals surface area contributed by atoms with Crippen molar-refractivity contribution in [2.24, 2.45) is 4.99 Å². The number of aliphatic imine (C=N–C) groups is 1. The molecule has 0 unspecified atom stereocenters. The molecule has 0 radical (unpaired) electrons. The fourth-order valence-corrected chi connectivity index (χ4v) is 1.88. The predicted molar refractivity (Wildman–Crippen MR) is 87.4 cm³/mol. The van der Waals surface area contributed by atoms with E-state index in [0.717, 1.165) is 17.8 Å². The maximum absolute atomic E-state index is 13.5. The minimum atomic E-state index is -1.64. The van der Waals surface area contributed by atoms with Crippen molar-refractivity contribution >= 4 is 17.6 Å². The summed E-state index contributed by atoms with van der Waals surface area (Å²) in [4.78, 5) is 19.9. The highest BCUT2D eigenvalue weighted by atomic mass is 19.2. The van der Waals surface area contributed by atoms with Gasteiger partial charge in [0, 0.05) is 13.2 Å². The van der Waals surface area contributed by atoms with E-state index in [0.29, 0.717) is 12.5 Å². The lowest BCUT2D eigenvalue weighted by Gasteiger charge is -2.12. The molecule has 2 rings (SSSR count). The van der Waals surface area contributed by atoms with Gasteiger partial charge >= 0.3 is 0 Å². The van der Waals surface area contributed by atoms with Gasteiger partial charge in [-0.1, -0.05) is 6.07 Å². The second kappa shape index (κ2) is 8.67. The molecule has 0 saturated carbocycles. The zero-order chi connectivity index (χ0) is 18.2. The molecule has 0 atom stereocenters. The average Bonchev–Trinajstić information content (AvgIpc) is 2.63. The molecule has 0 aliphatic heterocycles. The van der Waals surface area contributed by atoms with Gasteiger partial charge < -0.3 is 16.0 Å². The number of nitrogens with one attached hydrogen (secondary N) is 3. The van der Waals surface area contributed by atoms with Gasteiger partial charge in [-0.05, 0) is 24.3 Å². The minimum absolute atomic E-state index is 0.250. The summed E-state index contributed by atoms with van der Waals surface area (Å²) < 4.78 is 39.5. The maximum Gasteiger partial charge on any atom is 0.243 e. The maximum atomic E-state index is 13.5. The van der Waals surface area contributed by atoms with Crippen LogP contribution < -0.4 is 16.0 Å². The number of carbonyl (C=O) groups is 1. The molecular formula is C16H16F3N5O. The summed E-state index contributed by atoms with van der Waals surface area (Å²) in [6, 6.07) is 7.12. The average molecular weight is 351 g/mol. The van der Waals surface area contributed by atoms with Crippen molar-refractivity contribution in [3.8, 4) is 0 Å². The van der Waals surface area contributed by atoms with E-state index >= 15 is 0 Å². The van der Waals surface area contributed by atoms with Gasteiger partial charge in [0.05, 0.1) is 24.5 Å². The van der Waals surface area contributed by atoms with Crippen LogP contribution in [0, 0.1) is 17.5 Å². The zero-order valence-electron chi connectivity index (χ0n) is 13.3. The fourth-order valence-electron chi connectivity index (χ4n) is 1.88. The Bertz CT molecular complexity index is 768. The molecule has 1 aromatic heterocycles. The monoisotopic (exact) mass is 351 g/mol. The fraction of sp³-hybridized carbons (Fsp3) is 0.188. The second-order valence-corrected chi connectivity index (χ2v) is 4.87. The number of benzene rings is 1. The number of rotatable bonds is 5. The van der Waals surface area contributed by atoms with E-state index in [-0.39, 0.29) is 6.54 Å². The molecule has 1 heterocycles. The standard InChI is InChI=1S/C16H16F3N5O/c1-20-16(22-8-10-4-2-3-7-21-10)23-9-13(25)24-12-6-5-11(17)14(18)15(12)19/h2-7H,8-9H2,1H3,(H,24,25)(H2,20,22,23). The first-order valence-electron chi connectivity index (χ1n) is 7.29. The Balaban J connectivity index is 1.85. The molecular weight excluding hydrogens is 335 g/mol. The van der Waals surface area contributed by atoms with Crippen molar-refractivity contribution < 1.29 is 18.0 Å². The first kappa shape index (κ1) is 18.2. The zero-order valence-corrected chi connectivity index (χ0v) is 13.3. The molecule has 132 valence electrons. The summed E-state index contributed by atoms with van der Waals surface area (Å²) in [5.74, 6) is -4.74. The number of nitrogens with zero attached hydrogens (tertiary/aromatic N) is 2. The van der Waals surface area contributed by atoms with E-state index in [1.54, 1.807) is 12.3 Å². The van der Waals surface area contributed by atoms with Crippen LogP contribution in [0.3, 0.4) is 0 Å². The highest BCUT2D eigenvalue weighted by molar-refractivity contribution is 5.95. The van der Waals surface area contributed by atoms with Crippen LogP contribution in [0.2, 0.25) is 0 Å². The van der Waals surface area contributed by atoms with Crippen molar-refractivity contribution in [2.75, 3.05) is 18.9 Å². The summed E-state index contributed by atoms with van der Waals surface area (Å²) in [5, 5.41) is 7.81. The lowest BCUT2D eigenvalue weighted by molar-refractivity contribution is -0.115. The molecule has 0 spiro atoms. The normalized spacial score (nSPS) is 11.1. The molecule has 0 fully saturated rings. The number of hydrogen-bond acceptors (Lipinski definition) is 3. The van der Waals surface area contributed by atoms with Crippen LogP contribution in [-0.2, 0) is 11.3 Å². The Hall–Kier alpha value is -3.10. The number of aromatic nitrogens is 1. The van der Waals surface area contributed by atoms with Crippen LogP contribution in [0.4, 0.5) is 18.9 Å². The molecule has 0 aliphatic rings. The summed E-state index contributed by atoms with van der Waals surface area (Å²) in [6.07, 6.45) is 1.65. The Labute approximate surface area is 142 Å². The molecule has 0 bridgehead atoms. The number of anilines is 1. The minimum Gasteiger partial charge on any atom is -0.351 e. The number of hydrogen-bond donors (Lipinski definition) is 3. The number of pyridine rings is 1. The topological polar surface area (TPSA) is 78.4 Å². The Kier molecular flexibility index (Phi) is 6.33. The number of halogens is 3. The third-order valence-electron chi connectivity index (χ3n) is 3.11. The van der Waals surface area contributed by atoms with E-state index in [4.69, 9.17) is 0 Å². The highest BCUT2D eigenvalue weighted by Gasteiger charge is 2.15. The van der Waals surface area contributed by atoms with Crippen LogP contribution in [-0.4, -0.2) is 30.4 Å². The Morgan fingerprint density at radius 2 is 1.92 bits per heavy atom. The van der Waals surface area contributed by atoms with E-state index in [9.17, 15) is 18.0 Å². The van der Waals surface area contributed by atoms with Gasteiger partial charge in [-0.3, -0.25) is 14.8 Å². The second-order valence-electron chi connectivity index (χ2n) is 4.87. The Morgan fingerprint density at radius 3 is 2.60 bits per heavy atom. The summed E-state index contributed by atoms with van der Waals surface area (Å²) in [6.45, 7) is 0.139. The van der Waals surface area contributed by atoms with Crippen LogP contribution in [0.1, 0.15) is 5.69 Å². The highest BCUT2D eigenvalue weighted by Crippen LogP contribution is 2.19. The van der Waals surface area contributed by atoms with Gasteiger partial charge in [-0.2, -0.15) is 0 Å². The van der Waals surface area contributed by atoms with Gasteiger partial charge in [0.25, 0.3) is 0 Å². The summed E-state index contributed by atoms with van der Waals surface area (Å²) in [5.41, 5.74) is 0.334. The molecule has 0 aliphatic carbocycles. The quantitative estimate of drug-likeness (QED) is 0.436. The van der Waals surface area contributed by atoms with Crippen LogP contribution in [0.15, 0.2) is 41.5 Å². The van der Waals surface area contributed by atoms with E-state index in [1.165, 1.54) is 7.05 Å². The molecule has 1 aromatic carbocycles. The van der Waals surface area contributed by atoms with Crippen LogP contribution in [0.25, 0.3) is 0 Å². The van der Waals surface area contributed by atoms with Crippen molar-refractivity contribution in [2.45, 2.75) is 6.54 Å². The molecule has 1 amide bonds. The number of carbonyl (C=O) groups excluding carboxylic acids is 1. The van der Waals surface area contributed by atoms with E-state index in [1.807, 2.05) is 12.1 Å². The lowest BCUT2D eigenvalue weighted by Crippen LogP contribution is -2.41. The third kappa shape index (κ3) is 5.20. The van der Waals surface area contributed by atoms with Crippen molar-refractivity contribution in [3.63, 3.8) is 0 Å². The largest absolute Gasteiger partial charge is 0.351 e.